The van der Waals surface area contributed by atoms with Crippen LogP contribution in [-0.2, 0) is 0 Å². The molecule has 0 aliphatic carbocycles. The summed E-state index contributed by atoms with van der Waals surface area (Å²) in [6.45, 7) is 7.43. The second-order valence-corrected chi connectivity index (χ2v) is 5.59. The molecule has 5 heteroatoms. The van der Waals surface area contributed by atoms with Crippen LogP contribution in [0.1, 0.15) is 32.3 Å². The number of anilines is 2. The van der Waals surface area contributed by atoms with E-state index in [-0.39, 0.29) is 0 Å². The van der Waals surface area contributed by atoms with E-state index in [0.29, 0.717) is 11.2 Å². The topological polar surface area (TPSA) is 49.8 Å². The van der Waals surface area contributed by atoms with Crippen LogP contribution >= 0.6 is 11.8 Å². The highest BCUT2D eigenvalue weighted by atomic mass is 32.2. The summed E-state index contributed by atoms with van der Waals surface area (Å²) in [4.78, 5) is 8.60. The lowest BCUT2D eigenvalue weighted by molar-refractivity contribution is 0.844. The highest BCUT2D eigenvalue weighted by Gasteiger charge is 2.14. The van der Waals surface area contributed by atoms with Crippen molar-refractivity contribution in [1.29, 1.82) is 0 Å². The van der Waals surface area contributed by atoms with Crippen LogP contribution in [0, 0.1) is 0 Å². The van der Waals surface area contributed by atoms with Gasteiger partial charge in [-0.25, -0.2) is 9.97 Å². The highest BCUT2D eigenvalue weighted by molar-refractivity contribution is 7.99. The molecule has 0 spiro atoms. The number of aromatic nitrogens is 2. The number of hydrogen-bond donors (Lipinski definition) is 2. The van der Waals surface area contributed by atoms with Gasteiger partial charge in [0.05, 0.1) is 0 Å². The lowest BCUT2D eigenvalue weighted by atomic mass is 10.0. The van der Waals surface area contributed by atoms with E-state index in [4.69, 9.17) is 0 Å². The Morgan fingerprint density at radius 2 is 1.88 bits per heavy atom. The van der Waals surface area contributed by atoms with Gasteiger partial charge in [-0.05, 0) is 12.2 Å². The van der Waals surface area contributed by atoms with Gasteiger partial charge >= 0.3 is 0 Å². The number of nitrogens with zero attached hydrogens (tertiary/aromatic N) is 2. The van der Waals surface area contributed by atoms with Crippen LogP contribution in [0.5, 0.6) is 0 Å². The zero-order valence-corrected chi connectivity index (χ0v) is 12.1. The Morgan fingerprint density at radius 1 is 1.24 bits per heavy atom. The molecule has 2 N–H and O–H groups in total. The van der Waals surface area contributed by atoms with Gasteiger partial charge < -0.3 is 10.6 Å². The Labute approximate surface area is 108 Å². The average molecular weight is 254 g/mol. The molecule has 96 valence electrons. The molecule has 4 nitrogen and oxygen atoms in total. The Kier molecular flexibility index (Phi) is 5.55. The fraction of sp³-hybridized carbons (Fsp3) is 0.667. The quantitative estimate of drug-likeness (QED) is 0.817. The van der Waals surface area contributed by atoms with Crippen LogP contribution in [0.4, 0.5) is 11.6 Å². The van der Waals surface area contributed by atoms with Crippen molar-refractivity contribution in [2.75, 3.05) is 30.5 Å². The van der Waals surface area contributed by atoms with Gasteiger partial charge in [-0.3, -0.25) is 0 Å². The Morgan fingerprint density at radius 3 is 2.41 bits per heavy atom. The zero-order valence-electron chi connectivity index (χ0n) is 11.2. The van der Waals surface area contributed by atoms with Crippen LogP contribution < -0.4 is 10.6 Å². The molecule has 1 aromatic heterocycles. The van der Waals surface area contributed by atoms with Gasteiger partial charge in [0.2, 0.25) is 0 Å². The van der Waals surface area contributed by atoms with Gasteiger partial charge in [0.1, 0.15) is 18.0 Å². The maximum absolute atomic E-state index is 4.34. The molecule has 0 amide bonds. The van der Waals surface area contributed by atoms with E-state index in [2.05, 4.69) is 47.6 Å². The van der Waals surface area contributed by atoms with Crippen molar-refractivity contribution in [3.8, 4) is 0 Å². The zero-order chi connectivity index (χ0) is 12.8. The molecular weight excluding hydrogens is 232 g/mol. The average Bonchev–Trinajstić information content (AvgIpc) is 2.34. The van der Waals surface area contributed by atoms with Gasteiger partial charge in [0.15, 0.2) is 0 Å². The van der Waals surface area contributed by atoms with Gasteiger partial charge in [-0.1, -0.05) is 20.8 Å². The molecule has 0 aliphatic heterocycles. The van der Waals surface area contributed by atoms with Crippen LogP contribution in [0.15, 0.2) is 6.33 Å². The molecule has 0 saturated carbocycles. The first kappa shape index (κ1) is 14.1. The largest absolute Gasteiger partial charge is 0.373 e. The fourth-order valence-corrected chi connectivity index (χ4v) is 1.86. The normalized spacial score (nSPS) is 12.6. The fourth-order valence-electron chi connectivity index (χ4n) is 1.61. The third-order valence-corrected chi connectivity index (χ3v) is 3.63. The Balaban J connectivity index is 2.90. The van der Waals surface area contributed by atoms with E-state index in [1.165, 1.54) is 0 Å². The number of thioether (sulfide) groups is 1. The SMILES string of the molecule is CNc1ncnc(NCC(C)SC)c1C(C)C. The molecule has 17 heavy (non-hydrogen) atoms. The van der Waals surface area contributed by atoms with Gasteiger partial charge in [-0.2, -0.15) is 11.8 Å². The van der Waals surface area contributed by atoms with Gasteiger partial charge in [0, 0.05) is 24.4 Å². The van der Waals surface area contributed by atoms with Gasteiger partial charge in [-0.15, -0.1) is 0 Å². The molecule has 1 unspecified atom stereocenters. The summed E-state index contributed by atoms with van der Waals surface area (Å²) in [5.74, 6) is 2.25. The highest BCUT2D eigenvalue weighted by Crippen LogP contribution is 2.28. The molecular formula is C12H22N4S. The number of nitrogens with one attached hydrogen (secondary N) is 2. The van der Waals surface area contributed by atoms with Gasteiger partial charge in [0.25, 0.3) is 0 Å². The van der Waals surface area contributed by atoms with Crippen molar-refractivity contribution < 1.29 is 0 Å². The monoisotopic (exact) mass is 254 g/mol. The molecule has 1 aromatic rings. The predicted molar refractivity (Wildman–Crippen MR) is 77.1 cm³/mol. The van der Waals surface area contributed by atoms with E-state index >= 15 is 0 Å². The summed E-state index contributed by atoms with van der Waals surface area (Å²) in [5.41, 5.74) is 1.16. The van der Waals surface area contributed by atoms with Crippen molar-refractivity contribution in [3.05, 3.63) is 11.9 Å². The minimum Gasteiger partial charge on any atom is -0.373 e. The van der Waals surface area contributed by atoms with Crippen LogP contribution in [0.25, 0.3) is 0 Å². The summed E-state index contributed by atoms with van der Waals surface area (Å²) >= 11 is 1.85. The minimum atomic E-state index is 0.394. The van der Waals surface area contributed by atoms with Crippen molar-refractivity contribution >= 4 is 23.4 Å². The maximum Gasteiger partial charge on any atom is 0.135 e. The second-order valence-electron chi connectivity index (χ2n) is 4.32. The van der Waals surface area contributed by atoms with E-state index in [0.717, 1.165) is 23.7 Å². The first-order chi connectivity index (χ1) is 8.10. The van der Waals surface area contributed by atoms with E-state index in [1.54, 1.807) is 6.33 Å². The van der Waals surface area contributed by atoms with Crippen LogP contribution in [-0.4, -0.2) is 35.1 Å². The Bertz CT molecular complexity index is 354. The molecule has 0 aromatic carbocycles. The molecule has 1 rings (SSSR count). The summed E-state index contributed by atoms with van der Waals surface area (Å²) in [6.07, 6.45) is 3.72. The minimum absolute atomic E-state index is 0.394. The first-order valence-electron chi connectivity index (χ1n) is 5.89. The third kappa shape index (κ3) is 3.77. The van der Waals surface area contributed by atoms with Crippen molar-refractivity contribution in [2.45, 2.75) is 31.9 Å². The van der Waals surface area contributed by atoms with Crippen LogP contribution in [0.3, 0.4) is 0 Å². The summed E-state index contributed by atoms with van der Waals surface area (Å²) < 4.78 is 0. The van der Waals surface area contributed by atoms with Crippen molar-refractivity contribution in [2.24, 2.45) is 0 Å². The smallest absolute Gasteiger partial charge is 0.135 e. The summed E-state index contributed by atoms with van der Waals surface area (Å²) in [6, 6.07) is 0. The third-order valence-electron chi connectivity index (χ3n) is 2.66. The molecule has 0 bridgehead atoms. The maximum atomic E-state index is 4.34. The molecule has 0 saturated heterocycles. The summed E-state index contributed by atoms with van der Waals surface area (Å²) in [5, 5.41) is 7.10. The molecule has 0 aliphatic rings. The number of hydrogen-bond acceptors (Lipinski definition) is 5. The molecule has 1 atom stereocenters. The summed E-state index contributed by atoms with van der Waals surface area (Å²) in [7, 11) is 1.89. The Hall–Kier alpha value is -0.970. The van der Waals surface area contributed by atoms with Crippen LogP contribution in [0.2, 0.25) is 0 Å². The van der Waals surface area contributed by atoms with E-state index in [9.17, 15) is 0 Å². The predicted octanol–water partition coefficient (Wildman–Crippen LogP) is 2.81. The van der Waals surface area contributed by atoms with Crippen molar-refractivity contribution in [1.82, 2.24) is 9.97 Å². The van der Waals surface area contributed by atoms with E-state index in [1.807, 2.05) is 18.8 Å². The molecule has 0 radical (unpaired) electrons. The molecule has 1 heterocycles. The van der Waals surface area contributed by atoms with Crippen molar-refractivity contribution in [3.63, 3.8) is 0 Å². The lowest BCUT2D eigenvalue weighted by Gasteiger charge is -2.18. The van der Waals surface area contributed by atoms with E-state index < -0.39 is 0 Å². The second kappa shape index (κ2) is 6.69. The standard InChI is InChI=1S/C12H22N4S/c1-8(2)10-11(13-4)15-7-16-12(10)14-6-9(3)17-5/h7-9H,6H2,1-5H3,(H2,13,14,15,16). The first-order valence-corrected chi connectivity index (χ1v) is 7.18. The molecule has 0 fully saturated rings. The lowest BCUT2D eigenvalue weighted by Crippen LogP contribution is -2.16. The number of rotatable bonds is 6.